The average molecular weight is 398 g/mol. The summed E-state index contributed by atoms with van der Waals surface area (Å²) in [5, 5.41) is 8.58. The molecule has 2 aromatic carbocycles. The first kappa shape index (κ1) is 24.0. The predicted octanol–water partition coefficient (Wildman–Crippen LogP) is 5.46. The lowest BCUT2D eigenvalue weighted by molar-refractivity contribution is -0.148. The van der Waals surface area contributed by atoms with Gasteiger partial charge in [-0.2, -0.15) is 0 Å². The number of hydrogen-bond donors (Lipinski definition) is 1. The van der Waals surface area contributed by atoms with E-state index in [1.165, 1.54) is 17.7 Å². The Morgan fingerprint density at radius 2 is 1.69 bits per heavy atom. The van der Waals surface area contributed by atoms with Crippen LogP contribution in [0.5, 0.6) is 0 Å². The Labute approximate surface area is 171 Å². The summed E-state index contributed by atoms with van der Waals surface area (Å²) in [6.45, 7) is 7.92. The summed E-state index contributed by atoms with van der Waals surface area (Å²) in [5.41, 5.74) is 3.32. The van der Waals surface area contributed by atoms with Crippen LogP contribution in [0.25, 0.3) is 6.08 Å². The van der Waals surface area contributed by atoms with E-state index in [9.17, 15) is 18.8 Å². The maximum atomic E-state index is 12.2. The molecule has 0 aliphatic carbocycles. The molecule has 1 N–H and O–H groups in total. The molecule has 4 nitrogen and oxygen atoms in total. The molecule has 0 unspecified atom stereocenters. The summed E-state index contributed by atoms with van der Waals surface area (Å²) in [4.78, 5) is 33.8. The van der Waals surface area contributed by atoms with Gasteiger partial charge < -0.3 is 5.11 Å². The topological polar surface area (TPSA) is 71.4 Å². The Hall–Kier alpha value is -3.08. The number of aliphatic carboxylic acids is 1. The minimum absolute atomic E-state index is 0.160. The van der Waals surface area contributed by atoms with Crippen LogP contribution in [0.4, 0.5) is 4.39 Å². The molecule has 0 saturated carbocycles. The zero-order valence-electron chi connectivity index (χ0n) is 17.2. The summed E-state index contributed by atoms with van der Waals surface area (Å²) in [5.74, 6) is -3.06. The monoisotopic (exact) mass is 398 g/mol. The molecule has 0 saturated heterocycles. The number of rotatable bonds is 7. The summed E-state index contributed by atoms with van der Waals surface area (Å²) in [6.07, 6.45) is 3.99. The molecule has 5 heteroatoms. The molecule has 0 fully saturated rings. The van der Waals surface area contributed by atoms with Crippen molar-refractivity contribution in [2.24, 2.45) is 0 Å². The average Bonchev–Trinajstić information content (AvgIpc) is 2.69. The van der Waals surface area contributed by atoms with Gasteiger partial charge in [0.25, 0.3) is 0 Å². The highest BCUT2D eigenvalue weighted by atomic mass is 19.1. The molecule has 0 aromatic heterocycles. The van der Waals surface area contributed by atoms with Crippen LogP contribution in [0.15, 0.2) is 48.5 Å². The molecule has 0 atom stereocenters. The number of benzene rings is 2. The fraction of sp³-hybridized carbons (Fsp3) is 0.292. The number of halogens is 1. The third-order valence-corrected chi connectivity index (χ3v) is 4.28. The number of carbonyl (C=O) groups is 3. The summed E-state index contributed by atoms with van der Waals surface area (Å²) >= 11 is 0. The second kappa shape index (κ2) is 11.7. The van der Waals surface area contributed by atoms with Gasteiger partial charge in [-0.1, -0.05) is 63.3 Å². The lowest BCUT2D eigenvalue weighted by Crippen LogP contribution is -2.18. The number of ketones is 2. The fourth-order valence-electron chi connectivity index (χ4n) is 2.72. The minimum Gasteiger partial charge on any atom is -0.475 e. The number of allylic oxidation sites excluding steroid dienone is 1. The smallest absolute Gasteiger partial charge is 0.372 e. The van der Waals surface area contributed by atoms with E-state index in [4.69, 9.17) is 5.11 Å². The third-order valence-electron chi connectivity index (χ3n) is 4.28. The van der Waals surface area contributed by atoms with Crippen molar-refractivity contribution in [3.63, 3.8) is 0 Å². The van der Waals surface area contributed by atoms with E-state index in [0.717, 1.165) is 17.5 Å². The fourth-order valence-corrected chi connectivity index (χ4v) is 2.72. The lowest BCUT2D eigenvalue weighted by atomic mass is 9.90. The van der Waals surface area contributed by atoms with Crippen molar-refractivity contribution in [3.8, 4) is 0 Å². The van der Waals surface area contributed by atoms with Gasteiger partial charge in [-0.3, -0.25) is 9.59 Å². The molecular weight excluding hydrogens is 371 g/mol. The van der Waals surface area contributed by atoms with Crippen LogP contribution < -0.4 is 0 Å². The number of Topliss-reactive ketones (excluding diaryl/α,β-unsaturated/α-hetero) is 2. The first-order valence-corrected chi connectivity index (χ1v) is 9.50. The zero-order valence-corrected chi connectivity index (χ0v) is 17.2. The van der Waals surface area contributed by atoms with Gasteiger partial charge in [-0.25, -0.2) is 9.18 Å². The van der Waals surface area contributed by atoms with Crippen LogP contribution >= 0.6 is 0 Å². The zero-order chi connectivity index (χ0) is 22.0. The van der Waals surface area contributed by atoms with Crippen LogP contribution in [-0.2, 0) is 16.0 Å². The molecule has 0 amide bonds. The molecular formula is C24H27FO4. The Kier molecular flexibility index (Phi) is 9.66. The van der Waals surface area contributed by atoms with Crippen LogP contribution in [0.1, 0.15) is 67.1 Å². The molecule has 0 aliphatic heterocycles. The molecule has 2 rings (SSSR count). The molecule has 0 bridgehead atoms. The van der Waals surface area contributed by atoms with E-state index in [1.54, 1.807) is 24.3 Å². The van der Waals surface area contributed by atoms with E-state index < -0.39 is 24.0 Å². The van der Waals surface area contributed by atoms with Gasteiger partial charge in [0.2, 0.25) is 5.78 Å². The standard InChI is InChI=1S/C16H18O4.C8H9F/c1-4-6-12-11(10(2)3)7-5-8-13(12)14(17)9-15(18)16(19)20;1-2-7-3-5-8(9)6-4-7/h4-8,10H,9H2,1-3H3,(H,19,20);3-6H,2H2,1H3/b6-4-;. The maximum absolute atomic E-state index is 12.2. The van der Waals surface area contributed by atoms with Gasteiger partial charge in [-0.05, 0) is 48.1 Å². The van der Waals surface area contributed by atoms with E-state index >= 15 is 0 Å². The Balaban J connectivity index is 0.000000387. The second-order valence-electron chi connectivity index (χ2n) is 6.77. The lowest BCUT2D eigenvalue weighted by Gasteiger charge is -2.13. The second-order valence-corrected chi connectivity index (χ2v) is 6.77. The highest BCUT2D eigenvalue weighted by Crippen LogP contribution is 2.25. The molecule has 0 radical (unpaired) electrons. The van der Waals surface area contributed by atoms with Crippen molar-refractivity contribution in [1.29, 1.82) is 0 Å². The molecule has 0 heterocycles. The van der Waals surface area contributed by atoms with Crippen LogP contribution in [0.3, 0.4) is 0 Å². The van der Waals surface area contributed by atoms with Crippen molar-refractivity contribution in [1.82, 2.24) is 0 Å². The van der Waals surface area contributed by atoms with Crippen LogP contribution in [-0.4, -0.2) is 22.6 Å². The first-order valence-electron chi connectivity index (χ1n) is 9.50. The molecule has 0 spiro atoms. The first-order chi connectivity index (χ1) is 13.7. The Morgan fingerprint density at radius 3 is 2.17 bits per heavy atom. The summed E-state index contributed by atoms with van der Waals surface area (Å²) in [6, 6.07) is 11.9. The van der Waals surface area contributed by atoms with Gasteiger partial charge in [0.05, 0.1) is 6.42 Å². The van der Waals surface area contributed by atoms with E-state index in [0.29, 0.717) is 5.56 Å². The Morgan fingerprint density at radius 1 is 1.07 bits per heavy atom. The predicted molar refractivity (Wildman–Crippen MR) is 113 cm³/mol. The SMILES string of the molecule is C/C=C\c1c(C(=O)CC(=O)C(=O)O)cccc1C(C)C.CCc1ccc(F)cc1. The van der Waals surface area contributed by atoms with E-state index in [1.807, 2.05) is 45.9 Å². The highest BCUT2D eigenvalue weighted by Gasteiger charge is 2.20. The number of carbonyl (C=O) groups excluding carboxylic acids is 2. The van der Waals surface area contributed by atoms with Gasteiger partial charge in [0.1, 0.15) is 5.82 Å². The number of aryl methyl sites for hydroxylation is 1. The van der Waals surface area contributed by atoms with Gasteiger partial charge in [-0.15, -0.1) is 0 Å². The van der Waals surface area contributed by atoms with Gasteiger partial charge in [0.15, 0.2) is 5.78 Å². The maximum Gasteiger partial charge on any atom is 0.372 e. The number of carboxylic acids is 1. The van der Waals surface area contributed by atoms with Crippen LogP contribution in [0.2, 0.25) is 0 Å². The van der Waals surface area contributed by atoms with Crippen molar-refractivity contribution >= 4 is 23.6 Å². The normalized spacial score (nSPS) is 10.6. The minimum atomic E-state index is -1.58. The van der Waals surface area contributed by atoms with E-state index in [-0.39, 0.29) is 11.7 Å². The van der Waals surface area contributed by atoms with E-state index in [2.05, 4.69) is 0 Å². The summed E-state index contributed by atoms with van der Waals surface area (Å²) < 4.78 is 12.2. The molecule has 154 valence electrons. The third kappa shape index (κ3) is 7.45. The van der Waals surface area contributed by atoms with Gasteiger partial charge >= 0.3 is 5.97 Å². The molecule has 2 aromatic rings. The largest absolute Gasteiger partial charge is 0.475 e. The van der Waals surface area contributed by atoms with Crippen LogP contribution in [0, 0.1) is 5.82 Å². The summed E-state index contributed by atoms with van der Waals surface area (Å²) in [7, 11) is 0. The van der Waals surface area contributed by atoms with Crippen molar-refractivity contribution in [2.75, 3.05) is 0 Å². The van der Waals surface area contributed by atoms with Gasteiger partial charge in [0, 0.05) is 5.56 Å². The number of carboxylic acid groups (broad SMARTS) is 1. The highest BCUT2D eigenvalue weighted by molar-refractivity contribution is 6.37. The quantitative estimate of drug-likeness (QED) is 0.382. The van der Waals surface area contributed by atoms with Crippen molar-refractivity contribution in [2.45, 2.75) is 46.5 Å². The molecule has 0 aliphatic rings. The van der Waals surface area contributed by atoms with Crippen molar-refractivity contribution < 1.29 is 23.9 Å². The molecule has 29 heavy (non-hydrogen) atoms. The Bertz CT molecular complexity index is 880. The number of hydrogen-bond acceptors (Lipinski definition) is 3. The van der Waals surface area contributed by atoms with Crippen molar-refractivity contribution in [3.05, 3.63) is 76.6 Å².